The standard InChI is InChI=1S/C21H15ClF3N3O3/c1-20(12-6-13(21(23,24)25)8-14(22)7-12)9-15(27-31-20)2-3-16-4-5-17(19(29)30)18-10-26-11-28(16)18/h2-8,10-11H,9H2,1H3,(H,29,30)/b3-2+. The lowest BCUT2D eigenvalue weighted by Crippen LogP contribution is -2.22. The highest BCUT2D eigenvalue weighted by molar-refractivity contribution is 6.30. The first-order valence-electron chi connectivity index (χ1n) is 9.06. The first kappa shape index (κ1) is 20.9. The van der Waals surface area contributed by atoms with Crippen molar-refractivity contribution < 1.29 is 27.9 Å². The van der Waals surface area contributed by atoms with Gasteiger partial charge in [-0.25, -0.2) is 9.78 Å². The number of hydrogen-bond donors (Lipinski definition) is 1. The maximum atomic E-state index is 13.1. The number of imidazole rings is 1. The minimum absolute atomic E-state index is 0.0420. The van der Waals surface area contributed by atoms with Gasteiger partial charge in [-0.05, 0) is 49.4 Å². The highest BCUT2D eigenvalue weighted by Crippen LogP contribution is 2.39. The summed E-state index contributed by atoms with van der Waals surface area (Å²) >= 11 is 5.90. The number of benzene rings is 1. The van der Waals surface area contributed by atoms with Crippen molar-refractivity contribution in [3.8, 4) is 0 Å². The van der Waals surface area contributed by atoms with Crippen LogP contribution >= 0.6 is 11.6 Å². The third kappa shape index (κ3) is 4.00. The SMILES string of the molecule is CC1(c2cc(Cl)cc(C(F)(F)F)c2)CC(/C=C/c2ccc(C(=O)O)c3cncn23)=NO1. The molecule has 2 aromatic heterocycles. The molecule has 0 radical (unpaired) electrons. The summed E-state index contributed by atoms with van der Waals surface area (Å²) in [5, 5.41) is 13.2. The molecule has 1 atom stereocenters. The van der Waals surface area contributed by atoms with Crippen LogP contribution in [0.2, 0.25) is 5.02 Å². The molecule has 3 aromatic rings. The zero-order valence-electron chi connectivity index (χ0n) is 16.0. The second kappa shape index (κ2) is 7.42. The number of nitrogens with zero attached hydrogens (tertiary/aromatic N) is 3. The molecule has 0 saturated carbocycles. The Hall–Kier alpha value is -3.33. The molecule has 1 aliphatic rings. The third-order valence-electron chi connectivity index (χ3n) is 5.01. The Labute approximate surface area is 179 Å². The highest BCUT2D eigenvalue weighted by atomic mass is 35.5. The summed E-state index contributed by atoms with van der Waals surface area (Å²) in [5.74, 6) is -1.06. The summed E-state index contributed by atoms with van der Waals surface area (Å²) in [6, 6.07) is 6.39. The Bertz CT molecular complexity index is 1250. The number of pyridine rings is 1. The van der Waals surface area contributed by atoms with Gasteiger partial charge >= 0.3 is 12.1 Å². The van der Waals surface area contributed by atoms with Crippen LogP contribution in [0.15, 0.2) is 54.1 Å². The van der Waals surface area contributed by atoms with Crippen molar-refractivity contribution in [3.63, 3.8) is 0 Å². The van der Waals surface area contributed by atoms with E-state index in [1.54, 1.807) is 29.5 Å². The average Bonchev–Trinajstić information content (AvgIpc) is 3.32. The number of alkyl halides is 3. The Morgan fingerprint density at radius 3 is 2.77 bits per heavy atom. The smallest absolute Gasteiger partial charge is 0.416 e. The first-order chi connectivity index (χ1) is 14.6. The van der Waals surface area contributed by atoms with Crippen molar-refractivity contribution in [2.45, 2.75) is 25.1 Å². The third-order valence-corrected chi connectivity index (χ3v) is 5.23. The molecule has 4 rings (SSSR count). The Morgan fingerprint density at radius 2 is 2.06 bits per heavy atom. The zero-order valence-corrected chi connectivity index (χ0v) is 16.8. The highest BCUT2D eigenvalue weighted by Gasteiger charge is 2.38. The number of hydrogen-bond acceptors (Lipinski definition) is 4. The quantitative estimate of drug-likeness (QED) is 0.578. The van der Waals surface area contributed by atoms with Crippen molar-refractivity contribution in [2.24, 2.45) is 5.16 Å². The van der Waals surface area contributed by atoms with Crippen LogP contribution in [0.4, 0.5) is 13.2 Å². The number of carbonyl (C=O) groups is 1. The summed E-state index contributed by atoms with van der Waals surface area (Å²) < 4.78 is 41.0. The fourth-order valence-corrected chi connectivity index (χ4v) is 3.64. The molecule has 0 saturated heterocycles. The summed E-state index contributed by atoms with van der Waals surface area (Å²) in [7, 11) is 0. The van der Waals surface area contributed by atoms with Crippen molar-refractivity contribution in [2.75, 3.05) is 0 Å². The normalized spacial score (nSPS) is 19.1. The van der Waals surface area contributed by atoms with Crippen LogP contribution in [0.1, 0.15) is 40.5 Å². The fraction of sp³-hybridized carbons (Fsp3) is 0.190. The molecule has 0 amide bonds. The molecule has 31 heavy (non-hydrogen) atoms. The second-order valence-electron chi connectivity index (χ2n) is 7.27. The molecule has 1 aromatic carbocycles. The lowest BCUT2D eigenvalue weighted by molar-refractivity contribution is -0.137. The van der Waals surface area contributed by atoms with E-state index in [0.29, 0.717) is 16.9 Å². The molecule has 1 N–H and O–H groups in total. The lowest BCUT2D eigenvalue weighted by Gasteiger charge is -2.23. The number of carboxylic acid groups (broad SMARTS) is 1. The average molecular weight is 450 g/mol. The van der Waals surface area contributed by atoms with Gasteiger partial charge in [0.1, 0.15) is 0 Å². The lowest BCUT2D eigenvalue weighted by atomic mass is 9.89. The van der Waals surface area contributed by atoms with Gasteiger partial charge in [-0.1, -0.05) is 16.8 Å². The van der Waals surface area contributed by atoms with E-state index < -0.39 is 23.3 Å². The molecule has 0 fully saturated rings. The summed E-state index contributed by atoms with van der Waals surface area (Å²) in [6.45, 7) is 1.64. The van der Waals surface area contributed by atoms with Crippen LogP contribution in [0.5, 0.6) is 0 Å². The van der Waals surface area contributed by atoms with Gasteiger partial charge in [0.05, 0.1) is 34.9 Å². The van der Waals surface area contributed by atoms with Gasteiger partial charge in [-0.15, -0.1) is 0 Å². The van der Waals surface area contributed by atoms with Gasteiger partial charge in [0.2, 0.25) is 0 Å². The maximum Gasteiger partial charge on any atom is 0.416 e. The van der Waals surface area contributed by atoms with Gasteiger partial charge < -0.3 is 9.94 Å². The van der Waals surface area contributed by atoms with E-state index in [1.165, 1.54) is 24.7 Å². The van der Waals surface area contributed by atoms with Gasteiger partial charge in [0, 0.05) is 22.7 Å². The van der Waals surface area contributed by atoms with E-state index in [0.717, 1.165) is 12.1 Å². The second-order valence-corrected chi connectivity index (χ2v) is 7.70. The summed E-state index contributed by atoms with van der Waals surface area (Å²) in [4.78, 5) is 20.8. The molecule has 160 valence electrons. The van der Waals surface area contributed by atoms with Crippen LogP contribution in [0, 0.1) is 0 Å². The van der Waals surface area contributed by atoms with E-state index in [2.05, 4.69) is 10.1 Å². The van der Waals surface area contributed by atoms with Crippen molar-refractivity contribution in [1.29, 1.82) is 0 Å². The molecule has 1 aliphatic heterocycles. The predicted octanol–water partition coefficient (Wildman–Crippen LogP) is 5.41. The molecule has 0 aliphatic carbocycles. The van der Waals surface area contributed by atoms with Gasteiger partial charge in [-0.3, -0.25) is 4.40 Å². The Morgan fingerprint density at radius 1 is 1.29 bits per heavy atom. The van der Waals surface area contributed by atoms with E-state index in [9.17, 15) is 23.1 Å². The van der Waals surface area contributed by atoms with Crippen LogP contribution in [0.3, 0.4) is 0 Å². The van der Waals surface area contributed by atoms with Crippen LogP contribution in [0.25, 0.3) is 11.6 Å². The molecule has 0 spiro atoms. The number of halogens is 4. The minimum atomic E-state index is -4.53. The summed E-state index contributed by atoms with van der Waals surface area (Å²) in [6.07, 6.45) is 2.00. The number of carboxylic acids is 1. The van der Waals surface area contributed by atoms with Crippen LogP contribution < -0.4 is 0 Å². The largest absolute Gasteiger partial charge is 0.478 e. The predicted molar refractivity (Wildman–Crippen MR) is 108 cm³/mol. The van der Waals surface area contributed by atoms with Gasteiger partial charge in [0.15, 0.2) is 5.60 Å². The molecule has 1 unspecified atom stereocenters. The molecular weight excluding hydrogens is 435 g/mol. The molecular formula is C21H15ClF3N3O3. The van der Waals surface area contributed by atoms with Crippen LogP contribution in [-0.4, -0.2) is 26.2 Å². The number of oxime groups is 1. The van der Waals surface area contributed by atoms with E-state index in [-0.39, 0.29) is 22.6 Å². The van der Waals surface area contributed by atoms with Gasteiger partial charge in [0.25, 0.3) is 0 Å². The molecule has 6 nitrogen and oxygen atoms in total. The zero-order chi connectivity index (χ0) is 22.4. The van der Waals surface area contributed by atoms with Crippen LogP contribution in [-0.2, 0) is 16.6 Å². The Kier molecular flexibility index (Phi) is 5.01. The topological polar surface area (TPSA) is 76.2 Å². The van der Waals surface area contributed by atoms with E-state index in [1.807, 2.05) is 0 Å². The molecule has 0 bridgehead atoms. The first-order valence-corrected chi connectivity index (χ1v) is 9.44. The van der Waals surface area contributed by atoms with E-state index in [4.69, 9.17) is 16.4 Å². The van der Waals surface area contributed by atoms with Crippen molar-refractivity contribution in [3.05, 3.63) is 76.3 Å². The van der Waals surface area contributed by atoms with Gasteiger partial charge in [-0.2, -0.15) is 13.2 Å². The number of rotatable bonds is 4. The van der Waals surface area contributed by atoms with Crippen molar-refractivity contribution in [1.82, 2.24) is 9.38 Å². The fourth-order valence-electron chi connectivity index (χ4n) is 3.41. The minimum Gasteiger partial charge on any atom is -0.478 e. The van der Waals surface area contributed by atoms with E-state index >= 15 is 0 Å². The number of aromatic carboxylic acids is 1. The maximum absolute atomic E-state index is 13.1. The monoisotopic (exact) mass is 449 g/mol. The Balaban J connectivity index is 1.59. The number of allylic oxidation sites excluding steroid dienone is 1. The summed E-state index contributed by atoms with van der Waals surface area (Å²) in [5.41, 5.74) is 0.00441. The number of fused-ring (bicyclic) bond motifs is 1. The molecule has 10 heteroatoms. The number of aromatic nitrogens is 2. The van der Waals surface area contributed by atoms with Crippen molar-refractivity contribution >= 4 is 34.9 Å². The molecule has 3 heterocycles.